The highest BCUT2D eigenvalue weighted by molar-refractivity contribution is 7.89. The van der Waals surface area contributed by atoms with Crippen LogP contribution in [0.5, 0.6) is 0 Å². The van der Waals surface area contributed by atoms with E-state index in [0.29, 0.717) is 18.5 Å². The number of amides is 1. The number of carbonyl (C=O) groups is 1. The number of benzene rings is 1. The number of nitrogens with one attached hydrogen (secondary N) is 1. The third-order valence-electron chi connectivity index (χ3n) is 4.91. The van der Waals surface area contributed by atoms with Crippen LogP contribution >= 0.6 is 0 Å². The Bertz CT molecular complexity index is 1170. The summed E-state index contributed by atoms with van der Waals surface area (Å²) in [6.45, 7) is 2.05. The number of anilines is 1. The molecule has 158 valence electrons. The van der Waals surface area contributed by atoms with E-state index >= 15 is 0 Å². The molecule has 1 aliphatic rings. The Morgan fingerprint density at radius 1 is 1.27 bits per heavy atom. The second-order valence-electron chi connectivity index (χ2n) is 6.92. The molecule has 10 nitrogen and oxygen atoms in total. The van der Waals surface area contributed by atoms with E-state index in [2.05, 4.69) is 20.6 Å². The van der Waals surface area contributed by atoms with Crippen LogP contribution < -0.4 is 5.32 Å². The summed E-state index contributed by atoms with van der Waals surface area (Å²) in [4.78, 5) is 12.7. The minimum atomic E-state index is -3.96. The Labute approximate surface area is 171 Å². The molecule has 30 heavy (non-hydrogen) atoms. The van der Waals surface area contributed by atoms with Crippen LogP contribution in [0.15, 0.2) is 39.6 Å². The van der Waals surface area contributed by atoms with E-state index in [4.69, 9.17) is 4.42 Å². The number of halogens is 1. The van der Waals surface area contributed by atoms with Crippen molar-refractivity contribution in [2.45, 2.75) is 30.7 Å². The Kier molecular flexibility index (Phi) is 5.12. The molecule has 1 aromatic carbocycles. The first-order valence-electron chi connectivity index (χ1n) is 9.18. The molecule has 2 aromatic heterocycles. The fraction of sp³-hybridized carbons (Fsp3) is 0.333. The predicted molar refractivity (Wildman–Crippen MR) is 103 cm³/mol. The standard InChI is InChI=1S/C18H19FN6O4S/c1-11-10-14(23-24(11)2)17-21-22-18(29-17)20-16(26)15-4-3-9-25(15)30(27,28)13-7-5-12(19)6-8-13/h5-8,10,15H,3-4,9H2,1-2H3,(H,20,22,26). The molecule has 0 radical (unpaired) electrons. The van der Waals surface area contributed by atoms with Crippen LogP contribution in [0.3, 0.4) is 0 Å². The van der Waals surface area contributed by atoms with Crippen LogP contribution in [0.4, 0.5) is 10.4 Å². The Hall–Kier alpha value is -3.12. The molecule has 12 heteroatoms. The van der Waals surface area contributed by atoms with Gasteiger partial charge >= 0.3 is 6.01 Å². The molecule has 0 spiro atoms. The molecule has 1 fully saturated rings. The lowest BCUT2D eigenvalue weighted by Crippen LogP contribution is -2.43. The molecule has 4 rings (SSSR count). The number of hydrogen-bond acceptors (Lipinski definition) is 7. The van der Waals surface area contributed by atoms with Gasteiger partial charge in [-0.25, -0.2) is 12.8 Å². The summed E-state index contributed by atoms with van der Waals surface area (Å²) >= 11 is 0. The highest BCUT2D eigenvalue weighted by atomic mass is 32.2. The van der Waals surface area contributed by atoms with Gasteiger partial charge in [0.1, 0.15) is 17.6 Å². The monoisotopic (exact) mass is 434 g/mol. The van der Waals surface area contributed by atoms with Gasteiger partial charge in [-0.2, -0.15) is 9.40 Å². The number of aryl methyl sites for hydroxylation is 2. The largest absolute Gasteiger partial charge is 0.401 e. The molecule has 3 aromatic rings. The average molecular weight is 434 g/mol. The Morgan fingerprint density at radius 3 is 2.67 bits per heavy atom. The molecule has 0 saturated carbocycles. The van der Waals surface area contributed by atoms with Gasteiger partial charge in [0.2, 0.25) is 15.9 Å². The minimum Gasteiger partial charge on any atom is -0.401 e. The zero-order chi connectivity index (χ0) is 21.5. The molecule has 3 heterocycles. The fourth-order valence-electron chi connectivity index (χ4n) is 3.26. The van der Waals surface area contributed by atoms with Crippen molar-refractivity contribution in [1.29, 1.82) is 0 Å². The summed E-state index contributed by atoms with van der Waals surface area (Å²) in [5.41, 5.74) is 1.35. The molecule has 0 aliphatic carbocycles. The summed E-state index contributed by atoms with van der Waals surface area (Å²) in [7, 11) is -2.18. The predicted octanol–water partition coefficient (Wildman–Crippen LogP) is 1.71. The molecular formula is C18H19FN6O4S. The van der Waals surface area contributed by atoms with E-state index in [1.54, 1.807) is 17.8 Å². The van der Waals surface area contributed by atoms with E-state index < -0.39 is 27.8 Å². The number of aromatic nitrogens is 4. The van der Waals surface area contributed by atoms with E-state index in [0.717, 1.165) is 22.1 Å². The SMILES string of the molecule is Cc1cc(-c2nnc(NC(=O)C3CCCN3S(=O)(=O)c3ccc(F)cc3)o2)nn1C. The maximum Gasteiger partial charge on any atom is 0.322 e. The van der Waals surface area contributed by atoms with E-state index in [9.17, 15) is 17.6 Å². The lowest BCUT2D eigenvalue weighted by Gasteiger charge is -2.22. The summed E-state index contributed by atoms with van der Waals surface area (Å²) in [6.07, 6.45) is 0.855. The van der Waals surface area contributed by atoms with Crippen LogP contribution in [0.2, 0.25) is 0 Å². The average Bonchev–Trinajstić information content (AvgIpc) is 3.43. The number of sulfonamides is 1. The molecule has 1 amide bonds. The highest BCUT2D eigenvalue weighted by Crippen LogP contribution is 2.27. The Balaban J connectivity index is 1.51. The van der Waals surface area contributed by atoms with Gasteiger partial charge in [0.15, 0.2) is 0 Å². The lowest BCUT2D eigenvalue weighted by atomic mass is 10.2. The maximum atomic E-state index is 13.1. The third kappa shape index (κ3) is 3.71. The first-order chi connectivity index (χ1) is 14.3. The number of hydrogen-bond donors (Lipinski definition) is 1. The van der Waals surface area contributed by atoms with Gasteiger partial charge in [-0.15, -0.1) is 5.10 Å². The quantitative estimate of drug-likeness (QED) is 0.648. The van der Waals surface area contributed by atoms with Crippen molar-refractivity contribution in [3.05, 3.63) is 41.8 Å². The van der Waals surface area contributed by atoms with E-state index in [1.807, 2.05) is 6.92 Å². The van der Waals surface area contributed by atoms with Crippen LogP contribution in [-0.2, 0) is 21.9 Å². The van der Waals surface area contributed by atoms with Crippen LogP contribution in [0, 0.1) is 12.7 Å². The molecule has 1 N–H and O–H groups in total. The maximum absolute atomic E-state index is 13.1. The lowest BCUT2D eigenvalue weighted by molar-refractivity contribution is -0.119. The van der Waals surface area contributed by atoms with Gasteiger partial charge in [-0.1, -0.05) is 5.10 Å². The topological polar surface area (TPSA) is 123 Å². The van der Waals surface area contributed by atoms with Gasteiger partial charge in [0.05, 0.1) is 4.90 Å². The first kappa shape index (κ1) is 20.2. The van der Waals surface area contributed by atoms with Gasteiger partial charge in [0, 0.05) is 19.3 Å². The van der Waals surface area contributed by atoms with Gasteiger partial charge < -0.3 is 4.42 Å². The van der Waals surface area contributed by atoms with Crippen molar-refractivity contribution in [3.63, 3.8) is 0 Å². The van der Waals surface area contributed by atoms with Crippen molar-refractivity contribution < 1.29 is 22.0 Å². The molecule has 0 bridgehead atoms. The zero-order valence-electron chi connectivity index (χ0n) is 16.2. The zero-order valence-corrected chi connectivity index (χ0v) is 17.1. The van der Waals surface area contributed by atoms with Gasteiger partial charge in [-0.05, 0) is 50.1 Å². The molecule has 1 unspecified atom stereocenters. The van der Waals surface area contributed by atoms with Gasteiger partial charge in [-0.3, -0.25) is 14.8 Å². The summed E-state index contributed by atoms with van der Waals surface area (Å²) in [5.74, 6) is -0.984. The van der Waals surface area contributed by atoms with Crippen molar-refractivity contribution in [2.24, 2.45) is 7.05 Å². The normalized spacial score (nSPS) is 17.4. The molecule has 1 atom stereocenters. The smallest absolute Gasteiger partial charge is 0.322 e. The van der Waals surface area contributed by atoms with Crippen molar-refractivity contribution in [1.82, 2.24) is 24.3 Å². The summed E-state index contributed by atoms with van der Waals surface area (Å²) < 4.78 is 47.1. The molecule has 1 aliphatic heterocycles. The first-order valence-corrected chi connectivity index (χ1v) is 10.6. The third-order valence-corrected chi connectivity index (χ3v) is 6.84. The molecule has 1 saturated heterocycles. The van der Waals surface area contributed by atoms with Crippen molar-refractivity contribution >= 4 is 21.9 Å². The Morgan fingerprint density at radius 2 is 2.00 bits per heavy atom. The van der Waals surface area contributed by atoms with Crippen LogP contribution in [0.25, 0.3) is 11.6 Å². The van der Waals surface area contributed by atoms with Crippen LogP contribution in [-0.4, -0.2) is 51.2 Å². The van der Waals surface area contributed by atoms with E-state index in [-0.39, 0.29) is 23.3 Å². The highest BCUT2D eigenvalue weighted by Gasteiger charge is 2.40. The fourth-order valence-corrected chi connectivity index (χ4v) is 4.92. The second kappa shape index (κ2) is 7.61. The van der Waals surface area contributed by atoms with Crippen molar-refractivity contribution in [3.8, 4) is 11.6 Å². The number of carbonyl (C=O) groups excluding carboxylic acids is 1. The van der Waals surface area contributed by atoms with Crippen molar-refractivity contribution in [2.75, 3.05) is 11.9 Å². The second-order valence-corrected chi connectivity index (χ2v) is 8.81. The summed E-state index contributed by atoms with van der Waals surface area (Å²) in [5, 5.41) is 14.4. The number of rotatable bonds is 5. The minimum absolute atomic E-state index is 0.0748. The van der Waals surface area contributed by atoms with Gasteiger partial charge in [0.25, 0.3) is 5.89 Å². The van der Waals surface area contributed by atoms with E-state index in [1.165, 1.54) is 12.1 Å². The summed E-state index contributed by atoms with van der Waals surface area (Å²) in [6, 6.07) is 5.16. The molecular weight excluding hydrogens is 415 g/mol. The number of nitrogens with zero attached hydrogens (tertiary/aromatic N) is 5. The van der Waals surface area contributed by atoms with Crippen LogP contribution in [0.1, 0.15) is 18.5 Å².